The summed E-state index contributed by atoms with van der Waals surface area (Å²) in [5, 5.41) is 13.5. The van der Waals surface area contributed by atoms with Gasteiger partial charge in [-0.05, 0) is 19.9 Å². The molecule has 1 atom stereocenters. The van der Waals surface area contributed by atoms with Crippen LogP contribution in [0.15, 0.2) is 30.3 Å². The lowest BCUT2D eigenvalue weighted by Gasteiger charge is -2.19. The monoisotopic (exact) mass is 377 g/mol. The second kappa shape index (κ2) is 7.30. The van der Waals surface area contributed by atoms with Gasteiger partial charge in [0, 0.05) is 17.0 Å². The number of alkyl halides is 2. The van der Waals surface area contributed by atoms with Crippen LogP contribution in [0.4, 0.5) is 19.0 Å². The number of benzene rings is 2. The van der Waals surface area contributed by atoms with E-state index in [4.69, 9.17) is 4.74 Å². The van der Waals surface area contributed by atoms with Crippen molar-refractivity contribution >= 4 is 16.7 Å². The molecule has 0 spiro atoms. The van der Waals surface area contributed by atoms with Gasteiger partial charge in [-0.3, -0.25) is 0 Å². The summed E-state index contributed by atoms with van der Waals surface area (Å²) in [5.74, 6) is 0.0286. The van der Waals surface area contributed by atoms with E-state index in [9.17, 15) is 18.3 Å². The number of methoxy groups -OCH3 is 1. The molecule has 1 heterocycles. The molecule has 0 aliphatic heterocycles. The Kier molecular flexibility index (Phi) is 5.07. The van der Waals surface area contributed by atoms with E-state index >= 15 is 0 Å². The fourth-order valence-corrected chi connectivity index (χ4v) is 2.89. The van der Waals surface area contributed by atoms with E-state index in [1.54, 1.807) is 19.9 Å². The van der Waals surface area contributed by atoms with Crippen molar-refractivity contribution in [2.45, 2.75) is 26.3 Å². The molecule has 27 heavy (non-hydrogen) atoms. The van der Waals surface area contributed by atoms with Crippen molar-refractivity contribution in [1.29, 1.82) is 0 Å². The van der Waals surface area contributed by atoms with E-state index in [1.165, 1.54) is 25.3 Å². The zero-order valence-corrected chi connectivity index (χ0v) is 14.9. The van der Waals surface area contributed by atoms with Gasteiger partial charge in [0.25, 0.3) is 6.43 Å². The lowest BCUT2D eigenvalue weighted by molar-refractivity contribution is 0.146. The molecule has 2 aromatic carbocycles. The molecular formula is C19H18F3N3O2. The number of hydrogen-bond acceptors (Lipinski definition) is 5. The fourth-order valence-electron chi connectivity index (χ4n) is 2.89. The molecule has 0 bridgehead atoms. The summed E-state index contributed by atoms with van der Waals surface area (Å²) in [5.41, 5.74) is -0.0725. The number of aryl methyl sites for hydroxylation is 1. The van der Waals surface area contributed by atoms with Gasteiger partial charge in [-0.25, -0.2) is 23.1 Å². The predicted octanol–water partition coefficient (Wildman–Crippen LogP) is 4.90. The second-order valence-electron chi connectivity index (χ2n) is 6.08. The van der Waals surface area contributed by atoms with Gasteiger partial charge in [0.15, 0.2) is 11.5 Å². The van der Waals surface area contributed by atoms with E-state index in [-0.39, 0.29) is 17.1 Å². The minimum absolute atomic E-state index is 0.0715. The zero-order chi connectivity index (χ0) is 19.7. The van der Waals surface area contributed by atoms with Crippen molar-refractivity contribution in [1.82, 2.24) is 9.97 Å². The molecule has 3 rings (SSSR count). The average molecular weight is 377 g/mol. The first kappa shape index (κ1) is 18.8. The Balaban J connectivity index is 2.05. The van der Waals surface area contributed by atoms with Gasteiger partial charge in [-0.15, -0.1) is 0 Å². The summed E-state index contributed by atoms with van der Waals surface area (Å²) in [6.45, 7) is 3.32. The smallest absolute Gasteiger partial charge is 0.266 e. The molecule has 0 radical (unpaired) electrons. The van der Waals surface area contributed by atoms with Crippen LogP contribution in [0.2, 0.25) is 0 Å². The third kappa shape index (κ3) is 3.60. The van der Waals surface area contributed by atoms with Gasteiger partial charge < -0.3 is 15.2 Å². The average Bonchev–Trinajstić information content (AvgIpc) is 2.60. The largest absolute Gasteiger partial charge is 0.504 e. The van der Waals surface area contributed by atoms with Gasteiger partial charge in [-0.1, -0.05) is 18.2 Å². The third-order valence-electron chi connectivity index (χ3n) is 4.22. The highest BCUT2D eigenvalue weighted by Gasteiger charge is 2.20. The first-order valence-corrected chi connectivity index (χ1v) is 8.20. The van der Waals surface area contributed by atoms with Crippen molar-refractivity contribution in [2.75, 3.05) is 12.4 Å². The quantitative estimate of drug-likeness (QED) is 0.662. The van der Waals surface area contributed by atoms with Gasteiger partial charge in [-0.2, -0.15) is 0 Å². The molecule has 3 aromatic rings. The Morgan fingerprint density at radius 3 is 2.52 bits per heavy atom. The Morgan fingerprint density at radius 1 is 1.15 bits per heavy atom. The first-order valence-electron chi connectivity index (χ1n) is 8.20. The minimum atomic E-state index is -2.90. The molecule has 1 aromatic heterocycles. The number of phenolic OH excluding ortho intramolecular Hbond substituents is 1. The minimum Gasteiger partial charge on any atom is -0.504 e. The lowest BCUT2D eigenvalue weighted by atomic mass is 10.0. The maximum atomic E-state index is 14.4. The van der Waals surface area contributed by atoms with E-state index < -0.39 is 23.8 Å². The van der Waals surface area contributed by atoms with Crippen molar-refractivity contribution in [3.05, 3.63) is 53.1 Å². The Bertz CT molecular complexity index is 996. The number of halogens is 3. The third-order valence-corrected chi connectivity index (χ3v) is 4.22. The molecule has 2 N–H and O–H groups in total. The number of aromatic hydroxyl groups is 1. The van der Waals surface area contributed by atoms with E-state index in [2.05, 4.69) is 15.3 Å². The van der Waals surface area contributed by atoms with Crippen LogP contribution < -0.4 is 10.1 Å². The van der Waals surface area contributed by atoms with E-state index in [1.807, 2.05) is 0 Å². The number of anilines is 1. The van der Waals surface area contributed by atoms with Crippen LogP contribution in [0.5, 0.6) is 11.5 Å². The number of hydrogen-bond donors (Lipinski definition) is 2. The fraction of sp³-hybridized carbons (Fsp3) is 0.263. The molecule has 0 aliphatic carbocycles. The lowest BCUT2D eigenvalue weighted by Crippen LogP contribution is -2.12. The number of phenols is 1. The Morgan fingerprint density at radius 2 is 1.85 bits per heavy atom. The molecule has 5 nitrogen and oxygen atoms in total. The summed E-state index contributed by atoms with van der Waals surface area (Å²) >= 11 is 0. The zero-order valence-electron chi connectivity index (χ0n) is 14.9. The standard InChI is InChI=1S/C19H18F3N3O2/c1-9(11-5-4-6-12(17(11)20)18(21)22)23-19-13-7-16(27-3)15(26)8-14(13)24-10(2)25-19/h4-9,18,26H,1-3H3,(H,23,24,25)/t9-/m1/s1. The van der Waals surface area contributed by atoms with Gasteiger partial charge in [0.05, 0.1) is 24.2 Å². The highest BCUT2D eigenvalue weighted by Crippen LogP contribution is 2.35. The van der Waals surface area contributed by atoms with Gasteiger partial charge in [0.1, 0.15) is 17.5 Å². The summed E-state index contributed by atoms with van der Waals surface area (Å²) < 4.78 is 45.5. The molecule has 0 amide bonds. The van der Waals surface area contributed by atoms with Crippen molar-refractivity contribution in [3.63, 3.8) is 0 Å². The van der Waals surface area contributed by atoms with Crippen LogP contribution in [-0.2, 0) is 0 Å². The molecule has 8 heteroatoms. The van der Waals surface area contributed by atoms with Crippen LogP contribution in [-0.4, -0.2) is 22.2 Å². The number of nitrogens with zero attached hydrogens (tertiary/aromatic N) is 2. The number of ether oxygens (including phenoxy) is 1. The highest BCUT2D eigenvalue weighted by molar-refractivity contribution is 5.91. The van der Waals surface area contributed by atoms with Crippen molar-refractivity contribution < 1.29 is 23.0 Å². The maximum Gasteiger partial charge on any atom is 0.266 e. The molecule has 0 saturated heterocycles. The Hall–Kier alpha value is -3.03. The van der Waals surface area contributed by atoms with Crippen LogP contribution >= 0.6 is 0 Å². The second-order valence-corrected chi connectivity index (χ2v) is 6.08. The van der Waals surface area contributed by atoms with E-state index in [0.717, 1.165) is 6.07 Å². The summed E-state index contributed by atoms with van der Waals surface area (Å²) in [6, 6.07) is 6.26. The van der Waals surface area contributed by atoms with Crippen LogP contribution in [0.25, 0.3) is 10.9 Å². The molecule has 142 valence electrons. The number of fused-ring (bicyclic) bond motifs is 1. The predicted molar refractivity (Wildman–Crippen MR) is 95.9 cm³/mol. The number of nitrogens with one attached hydrogen (secondary N) is 1. The highest BCUT2D eigenvalue weighted by atomic mass is 19.3. The molecule has 0 aliphatic rings. The van der Waals surface area contributed by atoms with Crippen LogP contribution in [0, 0.1) is 12.7 Å². The Labute approximate surface area is 153 Å². The summed E-state index contributed by atoms with van der Waals surface area (Å²) in [7, 11) is 1.41. The molecular weight excluding hydrogens is 359 g/mol. The van der Waals surface area contributed by atoms with E-state index in [0.29, 0.717) is 22.5 Å². The maximum absolute atomic E-state index is 14.4. The molecule has 0 fully saturated rings. The molecule has 0 unspecified atom stereocenters. The van der Waals surface area contributed by atoms with Gasteiger partial charge >= 0.3 is 0 Å². The summed E-state index contributed by atoms with van der Waals surface area (Å²) in [4.78, 5) is 8.60. The summed E-state index contributed by atoms with van der Waals surface area (Å²) in [6.07, 6.45) is -2.90. The first-order chi connectivity index (χ1) is 12.8. The SMILES string of the molecule is COc1cc2c(N[C@H](C)c3cccc(C(F)F)c3F)nc(C)nc2cc1O. The number of aromatic nitrogens is 2. The number of rotatable bonds is 5. The van der Waals surface area contributed by atoms with Gasteiger partial charge in [0.2, 0.25) is 0 Å². The van der Waals surface area contributed by atoms with Crippen LogP contribution in [0.3, 0.4) is 0 Å². The van der Waals surface area contributed by atoms with Crippen molar-refractivity contribution in [3.8, 4) is 11.5 Å². The topological polar surface area (TPSA) is 67.3 Å². The van der Waals surface area contributed by atoms with Crippen molar-refractivity contribution in [2.24, 2.45) is 0 Å². The van der Waals surface area contributed by atoms with Crippen LogP contribution in [0.1, 0.15) is 36.3 Å². The normalized spacial score (nSPS) is 12.4. The molecule has 0 saturated carbocycles.